The molecule has 0 amide bonds. The van der Waals surface area contributed by atoms with Gasteiger partial charge in [0.05, 0.1) is 5.54 Å². The summed E-state index contributed by atoms with van der Waals surface area (Å²) in [5, 5.41) is 1.02. The van der Waals surface area contributed by atoms with E-state index in [-0.39, 0.29) is 11.0 Å². The summed E-state index contributed by atoms with van der Waals surface area (Å²) in [6.07, 6.45) is 2.24. The molecule has 2 heterocycles. The smallest absolute Gasteiger partial charge is 0.205 e. The minimum atomic E-state index is 0.00230. The second-order valence-corrected chi connectivity index (χ2v) is 6.85. The Morgan fingerprint density at radius 2 is 2.06 bits per heavy atom. The van der Waals surface area contributed by atoms with E-state index in [1.54, 1.807) is 0 Å². The van der Waals surface area contributed by atoms with Crippen molar-refractivity contribution in [3.05, 3.63) is 5.82 Å². The van der Waals surface area contributed by atoms with Crippen LogP contribution in [0.15, 0.2) is 0 Å². The number of anilines is 1. The van der Waals surface area contributed by atoms with E-state index in [4.69, 9.17) is 5.73 Å². The second kappa shape index (κ2) is 4.21. The maximum Gasteiger partial charge on any atom is 0.205 e. The number of hydrogen-bond donors (Lipinski definition) is 1. The summed E-state index contributed by atoms with van der Waals surface area (Å²) >= 11 is 1.49. The third-order valence-electron chi connectivity index (χ3n) is 3.12. The quantitative estimate of drug-likeness (QED) is 0.898. The Hall–Kier alpha value is -0.680. The van der Waals surface area contributed by atoms with Gasteiger partial charge in [-0.3, -0.25) is 0 Å². The molecule has 1 fully saturated rings. The highest BCUT2D eigenvalue weighted by Crippen LogP contribution is 2.32. The maximum atomic E-state index is 6.25. The largest absolute Gasteiger partial charge is 0.343 e. The van der Waals surface area contributed by atoms with Gasteiger partial charge in [-0.2, -0.15) is 4.37 Å². The van der Waals surface area contributed by atoms with Crippen LogP contribution in [0.2, 0.25) is 0 Å². The molecular weight excluding hydrogens is 232 g/mol. The van der Waals surface area contributed by atoms with Crippen LogP contribution in [0.1, 0.15) is 46.4 Å². The molecule has 0 bridgehead atoms. The summed E-state index contributed by atoms with van der Waals surface area (Å²) in [6, 6.07) is 0. The molecule has 0 spiro atoms. The Balaban J connectivity index is 2.00. The zero-order valence-electron chi connectivity index (χ0n) is 11.2. The first kappa shape index (κ1) is 12.8. The van der Waals surface area contributed by atoms with Crippen molar-refractivity contribution >= 4 is 16.7 Å². The van der Waals surface area contributed by atoms with Crippen LogP contribution in [0.4, 0.5) is 5.13 Å². The van der Waals surface area contributed by atoms with Crippen molar-refractivity contribution in [1.82, 2.24) is 9.36 Å². The first-order valence-electron chi connectivity index (χ1n) is 6.22. The molecule has 1 aliphatic heterocycles. The zero-order valence-corrected chi connectivity index (χ0v) is 12.0. The first-order chi connectivity index (χ1) is 7.84. The van der Waals surface area contributed by atoms with Crippen LogP contribution >= 0.6 is 11.5 Å². The Kier molecular flexibility index (Phi) is 3.16. The third kappa shape index (κ3) is 2.60. The van der Waals surface area contributed by atoms with Crippen molar-refractivity contribution < 1.29 is 0 Å². The van der Waals surface area contributed by atoms with E-state index in [0.29, 0.717) is 0 Å². The zero-order chi connectivity index (χ0) is 12.7. The molecule has 1 aromatic heterocycles. The van der Waals surface area contributed by atoms with E-state index in [0.717, 1.165) is 36.9 Å². The summed E-state index contributed by atoms with van der Waals surface area (Å²) in [5.41, 5.74) is 6.28. The van der Waals surface area contributed by atoms with Gasteiger partial charge in [-0.15, -0.1) is 0 Å². The predicted octanol–water partition coefficient (Wildman–Crippen LogP) is 2.15. The summed E-state index contributed by atoms with van der Waals surface area (Å²) in [6.45, 7) is 10.4. The summed E-state index contributed by atoms with van der Waals surface area (Å²) in [5.74, 6) is 0.933. The molecule has 96 valence electrons. The fourth-order valence-electron chi connectivity index (χ4n) is 2.15. The topological polar surface area (TPSA) is 55.0 Å². The Morgan fingerprint density at radius 1 is 1.41 bits per heavy atom. The summed E-state index contributed by atoms with van der Waals surface area (Å²) in [7, 11) is 0. The van der Waals surface area contributed by atoms with Gasteiger partial charge < -0.3 is 10.6 Å². The van der Waals surface area contributed by atoms with E-state index in [9.17, 15) is 0 Å². The van der Waals surface area contributed by atoms with Crippen molar-refractivity contribution in [2.45, 2.75) is 51.5 Å². The molecule has 17 heavy (non-hydrogen) atoms. The average molecular weight is 254 g/mol. The van der Waals surface area contributed by atoms with Gasteiger partial charge in [0.15, 0.2) is 0 Å². The summed E-state index contributed by atoms with van der Waals surface area (Å²) in [4.78, 5) is 6.85. The lowest BCUT2D eigenvalue weighted by Gasteiger charge is -2.47. The van der Waals surface area contributed by atoms with Gasteiger partial charge >= 0.3 is 0 Å². The highest BCUT2D eigenvalue weighted by molar-refractivity contribution is 7.09. The average Bonchev–Trinajstić information content (AvgIpc) is 2.61. The molecule has 0 atom stereocenters. The summed E-state index contributed by atoms with van der Waals surface area (Å²) < 4.78 is 4.43. The molecule has 0 unspecified atom stereocenters. The number of nitrogens with zero attached hydrogens (tertiary/aromatic N) is 3. The van der Waals surface area contributed by atoms with Gasteiger partial charge in [-0.1, -0.05) is 34.1 Å². The van der Waals surface area contributed by atoms with Crippen molar-refractivity contribution in [1.29, 1.82) is 0 Å². The lowest BCUT2D eigenvalue weighted by atomic mass is 9.87. The lowest BCUT2D eigenvalue weighted by Crippen LogP contribution is -2.67. The normalized spacial score (nSPS) is 19.2. The van der Waals surface area contributed by atoms with Crippen LogP contribution in [-0.4, -0.2) is 28.0 Å². The molecule has 1 aliphatic rings. The highest BCUT2D eigenvalue weighted by atomic mass is 32.1. The monoisotopic (exact) mass is 254 g/mol. The molecule has 0 saturated carbocycles. The van der Waals surface area contributed by atoms with Crippen LogP contribution in [0.25, 0.3) is 0 Å². The van der Waals surface area contributed by atoms with E-state index in [1.165, 1.54) is 11.5 Å². The molecule has 0 aliphatic carbocycles. The predicted molar refractivity (Wildman–Crippen MR) is 72.6 cm³/mol. The molecule has 5 heteroatoms. The first-order valence-corrected chi connectivity index (χ1v) is 6.99. The van der Waals surface area contributed by atoms with E-state index < -0.39 is 0 Å². The van der Waals surface area contributed by atoms with Crippen LogP contribution in [0.5, 0.6) is 0 Å². The van der Waals surface area contributed by atoms with Crippen LogP contribution in [0.3, 0.4) is 0 Å². The minimum absolute atomic E-state index is 0.00230. The molecule has 4 nitrogen and oxygen atoms in total. The SMILES string of the molecule is CCCC1(N)CN(c2nc(C(C)(C)C)ns2)C1. The van der Waals surface area contributed by atoms with Crippen molar-refractivity contribution in [3.8, 4) is 0 Å². The number of aromatic nitrogens is 2. The second-order valence-electron chi connectivity index (χ2n) is 6.12. The lowest BCUT2D eigenvalue weighted by molar-refractivity contribution is 0.307. The molecular formula is C12H22N4S. The standard InChI is InChI=1S/C12H22N4S/c1-5-6-12(13)7-16(8-12)10-14-9(15-17-10)11(2,3)4/h5-8,13H2,1-4H3. The van der Waals surface area contributed by atoms with Crippen LogP contribution in [0, 0.1) is 0 Å². The van der Waals surface area contributed by atoms with Crippen molar-refractivity contribution in [2.24, 2.45) is 5.73 Å². The fraction of sp³-hybridized carbons (Fsp3) is 0.833. The molecule has 0 radical (unpaired) electrons. The molecule has 2 N–H and O–H groups in total. The van der Waals surface area contributed by atoms with Gasteiger partial charge in [0.25, 0.3) is 0 Å². The molecule has 0 aromatic carbocycles. The van der Waals surface area contributed by atoms with Gasteiger partial charge in [0.2, 0.25) is 5.13 Å². The number of nitrogens with two attached hydrogens (primary N) is 1. The molecule has 2 rings (SSSR count). The van der Waals surface area contributed by atoms with E-state index >= 15 is 0 Å². The van der Waals surface area contributed by atoms with Gasteiger partial charge in [0, 0.05) is 30.0 Å². The van der Waals surface area contributed by atoms with Gasteiger partial charge in [-0.05, 0) is 6.42 Å². The van der Waals surface area contributed by atoms with Crippen LogP contribution in [-0.2, 0) is 5.41 Å². The van der Waals surface area contributed by atoms with Crippen molar-refractivity contribution in [3.63, 3.8) is 0 Å². The Bertz CT molecular complexity index is 387. The highest BCUT2D eigenvalue weighted by Gasteiger charge is 2.40. The number of rotatable bonds is 3. The van der Waals surface area contributed by atoms with Gasteiger partial charge in [-0.25, -0.2) is 4.98 Å². The molecule has 1 saturated heterocycles. The van der Waals surface area contributed by atoms with Crippen LogP contribution < -0.4 is 10.6 Å². The van der Waals surface area contributed by atoms with Gasteiger partial charge in [0.1, 0.15) is 5.82 Å². The van der Waals surface area contributed by atoms with E-state index in [2.05, 4.69) is 42.0 Å². The van der Waals surface area contributed by atoms with E-state index in [1.807, 2.05) is 0 Å². The van der Waals surface area contributed by atoms with Crippen molar-refractivity contribution in [2.75, 3.05) is 18.0 Å². The minimum Gasteiger partial charge on any atom is -0.343 e. The third-order valence-corrected chi connectivity index (χ3v) is 3.89. The fourth-order valence-corrected chi connectivity index (χ4v) is 3.01. The Morgan fingerprint density at radius 3 is 2.53 bits per heavy atom. The molecule has 1 aromatic rings. The maximum absolute atomic E-state index is 6.25. The Labute approximate surface area is 107 Å². The number of hydrogen-bond acceptors (Lipinski definition) is 5.